The van der Waals surface area contributed by atoms with E-state index in [0.717, 1.165) is 11.1 Å². The van der Waals surface area contributed by atoms with Gasteiger partial charge in [-0.15, -0.1) is 0 Å². The van der Waals surface area contributed by atoms with Crippen LogP contribution >= 0.6 is 0 Å². The van der Waals surface area contributed by atoms with Crippen molar-refractivity contribution in [2.45, 2.75) is 13.3 Å². The number of benzene rings is 2. The Kier molecular flexibility index (Phi) is 6.80. The highest BCUT2D eigenvalue weighted by Crippen LogP contribution is 2.24. The fourth-order valence-corrected chi connectivity index (χ4v) is 3.45. The van der Waals surface area contributed by atoms with E-state index in [2.05, 4.69) is 10.3 Å². The van der Waals surface area contributed by atoms with Crippen molar-refractivity contribution in [3.05, 3.63) is 112 Å². The second-order valence-electron chi connectivity index (χ2n) is 7.60. The van der Waals surface area contributed by atoms with Gasteiger partial charge in [-0.2, -0.15) is 10.2 Å². The summed E-state index contributed by atoms with van der Waals surface area (Å²) in [4.78, 5) is 30.6. The molecule has 1 N–H and O–H groups in total. The molecule has 1 amide bonds. The van der Waals surface area contributed by atoms with Crippen molar-refractivity contribution < 1.29 is 9.53 Å². The molecule has 0 aliphatic rings. The van der Waals surface area contributed by atoms with E-state index in [1.54, 1.807) is 36.5 Å². The van der Waals surface area contributed by atoms with Crippen molar-refractivity contribution >= 4 is 17.6 Å². The summed E-state index contributed by atoms with van der Waals surface area (Å²) in [6.07, 6.45) is 3.45. The standard InChI is InChI=1S/C27H22N4O3/c1-19-9-8-16-31-24(19)30-26(34-22-12-6-3-7-13-22)23(27(31)33)17-21(18-28)25(32)29-15-14-20-10-4-2-5-11-20/h2-13,16-17H,14-15H2,1H3,(H,29,32)/b21-17+. The summed E-state index contributed by atoms with van der Waals surface area (Å²) >= 11 is 0. The molecule has 168 valence electrons. The highest BCUT2D eigenvalue weighted by atomic mass is 16.5. The quantitative estimate of drug-likeness (QED) is 0.338. The molecule has 0 atom stereocenters. The van der Waals surface area contributed by atoms with E-state index in [1.165, 1.54) is 10.5 Å². The fraction of sp³-hybridized carbons (Fsp3) is 0.111. The average molecular weight is 450 g/mol. The van der Waals surface area contributed by atoms with E-state index in [0.29, 0.717) is 24.4 Å². The second-order valence-corrected chi connectivity index (χ2v) is 7.60. The number of pyridine rings is 1. The molecule has 34 heavy (non-hydrogen) atoms. The molecule has 0 saturated heterocycles. The number of nitriles is 1. The maximum absolute atomic E-state index is 13.3. The summed E-state index contributed by atoms with van der Waals surface area (Å²) in [5.41, 5.74) is 1.65. The van der Waals surface area contributed by atoms with E-state index in [1.807, 2.05) is 55.5 Å². The van der Waals surface area contributed by atoms with Crippen LogP contribution in [0.15, 0.2) is 89.4 Å². The fourth-order valence-electron chi connectivity index (χ4n) is 3.45. The van der Waals surface area contributed by atoms with Crippen molar-refractivity contribution in [2.75, 3.05) is 6.54 Å². The Morgan fingerprint density at radius 2 is 1.79 bits per heavy atom. The molecule has 4 aromatic rings. The van der Waals surface area contributed by atoms with Crippen molar-refractivity contribution in [1.29, 1.82) is 5.26 Å². The predicted molar refractivity (Wildman–Crippen MR) is 129 cm³/mol. The molecule has 0 aliphatic carbocycles. The largest absolute Gasteiger partial charge is 0.438 e. The maximum Gasteiger partial charge on any atom is 0.269 e. The van der Waals surface area contributed by atoms with Crippen molar-refractivity contribution in [3.63, 3.8) is 0 Å². The molecular formula is C27H22N4O3. The number of ether oxygens (including phenoxy) is 1. The highest BCUT2D eigenvalue weighted by molar-refractivity contribution is 6.01. The molecule has 2 aromatic carbocycles. The molecule has 2 aromatic heterocycles. The smallest absolute Gasteiger partial charge is 0.269 e. The molecule has 2 heterocycles. The number of carbonyl (C=O) groups is 1. The zero-order valence-corrected chi connectivity index (χ0v) is 18.6. The summed E-state index contributed by atoms with van der Waals surface area (Å²) in [5.74, 6) is -0.0685. The third-order valence-corrected chi connectivity index (χ3v) is 5.20. The van der Waals surface area contributed by atoms with Crippen LogP contribution in [0, 0.1) is 18.3 Å². The Balaban J connectivity index is 1.69. The van der Waals surface area contributed by atoms with Gasteiger partial charge in [-0.05, 0) is 48.7 Å². The topological polar surface area (TPSA) is 96.5 Å². The predicted octanol–water partition coefficient (Wildman–Crippen LogP) is 4.06. The summed E-state index contributed by atoms with van der Waals surface area (Å²) in [7, 11) is 0. The Labute approximate surface area is 196 Å². The number of carbonyl (C=O) groups excluding carboxylic acids is 1. The van der Waals surface area contributed by atoms with Gasteiger partial charge in [-0.3, -0.25) is 14.0 Å². The van der Waals surface area contributed by atoms with Gasteiger partial charge in [-0.1, -0.05) is 54.6 Å². The first-order valence-corrected chi connectivity index (χ1v) is 10.8. The Morgan fingerprint density at radius 3 is 2.50 bits per heavy atom. The molecule has 4 rings (SSSR count). The summed E-state index contributed by atoms with van der Waals surface area (Å²) in [6, 6.07) is 24.1. The molecule has 7 nitrogen and oxygen atoms in total. The minimum Gasteiger partial charge on any atom is -0.438 e. The lowest BCUT2D eigenvalue weighted by atomic mass is 10.1. The lowest BCUT2D eigenvalue weighted by Gasteiger charge is -2.11. The molecule has 0 fully saturated rings. The number of rotatable bonds is 7. The molecule has 0 saturated carbocycles. The van der Waals surface area contributed by atoms with Gasteiger partial charge < -0.3 is 10.1 Å². The van der Waals surface area contributed by atoms with Gasteiger partial charge in [0.1, 0.15) is 28.6 Å². The number of fused-ring (bicyclic) bond motifs is 1. The monoisotopic (exact) mass is 450 g/mol. The summed E-state index contributed by atoms with van der Waals surface area (Å²) in [5, 5.41) is 12.4. The van der Waals surface area contributed by atoms with Crippen LogP contribution < -0.4 is 15.6 Å². The van der Waals surface area contributed by atoms with Crippen LogP contribution in [0.2, 0.25) is 0 Å². The third kappa shape index (κ3) is 5.03. The van der Waals surface area contributed by atoms with E-state index in [-0.39, 0.29) is 17.0 Å². The minimum absolute atomic E-state index is 0.0155. The molecule has 0 aliphatic heterocycles. The zero-order valence-electron chi connectivity index (χ0n) is 18.6. The molecule has 0 spiro atoms. The Morgan fingerprint density at radius 1 is 1.09 bits per heavy atom. The number of nitrogens with zero attached hydrogens (tertiary/aromatic N) is 3. The van der Waals surface area contributed by atoms with Gasteiger partial charge in [0.15, 0.2) is 0 Å². The first-order chi connectivity index (χ1) is 16.6. The number of para-hydroxylation sites is 1. The summed E-state index contributed by atoms with van der Waals surface area (Å²) < 4.78 is 7.28. The highest BCUT2D eigenvalue weighted by Gasteiger charge is 2.18. The molecule has 0 radical (unpaired) electrons. The van der Waals surface area contributed by atoms with Crippen LogP contribution in [0.1, 0.15) is 16.7 Å². The normalized spacial score (nSPS) is 11.1. The number of nitrogens with one attached hydrogen (secondary N) is 1. The van der Waals surface area contributed by atoms with Gasteiger partial charge in [0.05, 0.1) is 0 Å². The van der Waals surface area contributed by atoms with Crippen molar-refractivity contribution in [1.82, 2.24) is 14.7 Å². The van der Waals surface area contributed by atoms with Crippen LogP contribution in [0.3, 0.4) is 0 Å². The van der Waals surface area contributed by atoms with E-state index < -0.39 is 11.5 Å². The van der Waals surface area contributed by atoms with Crippen LogP contribution in [-0.4, -0.2) is 21.8 Å². The van der Waals surface area contributed by atoms with Crippen LogP contribution in [0.5, 0.6) is 11.6 Å². The lowest BCUT2D eigenvalue weighted by Crippen LogP contribution is -2.27. The second kappa shape index (κ2) is 10.3. The zero-order chi connectivity index (χ0) is 23.9. The van der Waals surface area contributed by atoms with Crippen LogP contribution in [0.25, 0.3) is 11.7 Å². The third-order valence-electron chi connectivity index (χ3n) is 5.20. The number of hydrogen-bond donors (Lipinski definition) is 1. The Bertz CT molecular complexity index is 1450. The molecule has 0 unspecified atom stereocenters. The van der Waals surface area contributed by atoms with Crippen LogP contribution in [-0.2, 0) is 11.2 Å². The maximum atomic E-state index is 13.3. The van der Waals surface area contributed by atoms with Crippen LogP contribution in [0.4, 0.5) is 0 Å². The lowest BCUT2D eigenvalue weighted by molar-refractivity contribution is -0.117. The van der Waals surface area contributed by atoms with Gasteiger partial charge in [0, 0.05) is 12.7 Å². The SMILES string of the molecule is Cc1cccn2c(=O)c(/C=C(\C#N)C(=O)NCCc3ccccc3)c(Oc3ccccc3)nc12. The van der Waals surface area contributed by atoms with Crippen molar-refractivity contribution in [3.8, 4) is 17.7 Å². The molecule has 7 heteroatoms. The van der Waals surface area contributed by atoms with Gasteiger partial charge in [0.25, 0.3) is 11.5 Å². The van der Waals surface area contributed by atoms with Gasteiger partial charge >= 0.3 is 0 Å². The summed E-state index contributed by atoms with van der Waals surface area (Å²) in [6.45, 7) is 2.19. The minimum atomic E-state index is -0.571. The molecule has 0 bridgehead atoms. The van der Waals surface area contributed by atoms with E-state index in [9.17, 15) is 14.9 Å². The molecular weight excluding hydrogens is 428 g/mol. The number of aryl methyl sites for hydroxylation is 1. The average Bonchev–Trinajstić information content (AvgIpc) is 2.86. The number of amides is 1. The Hall–Kier alpha value is -4.70. The first kappa shape index (κ1) is 22.5. The number of aromatic nitrogens is 2. The van der Waals surface area contributed by atoms with E-state index in [4.69, 9.17) is 4.74 Å². The number of hydrogen-bond acceptors (Lipinski definition) is 5. The van der Waals surface area contributed by atoms with Gasteiger partial charge in [-0.25, -0.2) is 0 Å². The van der Waals surface area contributed by atoms with E-state index >= 15 is 0 Å². The first-order valence-electron chi connectivity index (χ1n) is 10.8. The van der Waals surface area contributed by atoms with Gasteiger partial charge in [0.2, 0.25) is 5.88 Å². The van der Waals surface area contributed by atoms with Crippen molar-refractivity contribution in [2.24, 2.45) is 0 Å².